The summed E-state index contributed by atoms with van der Waals surface area (Å²) in [7, 11) is 4.13. The van der Waals surface area contributed by atoms with Gasteiger partial charge in [-0.15, -0.1) is 24.8 Å². The Morgan fingerprint density at radius 1 is 1.35 bits per heavy atom. The number of amides is 1. The fourth-order valence-electron chi connectivity index (χ4n) is 2.63. The lowest BCUT2D eigenvalue weighted by molar-refractivity contribution is -0.121. The summed E-state index contributed by atoms with van der Waals surface area (Å²) in [6.07, 6.45) is 2.91. The van der Waals surface area contributed by atoms with Gasteiger partial charge in [0.15, 0.2) is 0 Å². The number of halogens is 2. The molecule has 1 unspecified atom stereocenters. The van der Waals surface area contributed by atoms with E-state index in [2.05, 4.69) is 43.5 Å². The minimum Gasteiger partial charge on any atom is -0.356 e. The molecule has 4 nitrogen and oxygen atoms in total. The molecule has 0 bridgehead atoms. The van der Waals surface area contributed by atoms with Gasteiger partial charge in [0.25, 0.3) is 0 Å². The zero-order chi connectivity index (χ0) is 13.6. The number of rotatable bonds is 7. The lowest BCUT2D eigenvalue weighted by atomic mass is 9.93. The number of hydrogen-bond donors (Lipinski definition) is 2. The highest BCUT2D eigenvalue weighted by molar-refractivity contribution is 5.85. The van der Waals surface area contributed by atoms with Crippen LogP contribution in [0.15, 0.2) is 0 Å². The first-order valence-corrected chi connectivity index (χ1v) is 7.01. The van der Waals surface area contributed by atoms with E-state index in [1.807, 2.05) is 0 Å². The lowest BCUT2D eigenvalue weighted by Crippen LogP contribution is -2.40. The molecule has 0 spiro atoms. The molecule has 20 heavy (non-hydrogen) atoms. The third-order valence-electron chi connectivity index (χ3n) is 3.45. The molecule has 6 heteroatoms. The molecule has 1 saturated heterocycles. The Morgan fingerprint density at radius 2 is 2.00 bits per heavy atom. The van der Waals surface area contributed by atoms with Crippen LogP contribution in [0.25, 0.3) is 0 Å². The molecule has 2 N–H and O–H groups in total. The van der Waals surface area contributed by atoms with Gasteiger partial charge in [-0.2, -0.15) is 0 Å². The highest BCUT2D eigenvalue weighted by atomic mass is 35.5. The van der Waals surface area contributed by atoms with Crippen molar-refractivity contribution in [2.75, 3.05) is 40.3 Å². The molecule has 0 saturated carbocycles. The standard InChI is InChI=1S/C14H29N3O.2ClH/c1-14(2,11-17(3)4)10-16-13(18)6-5-12-7-8-15-9-12;;/h12,15H,5-11H2,1-4H3,(H,16,18);2*1H. The van der Waals surface area contributed by atoms with E-state index in [0.717, 1.165) is 32.6 Å². The Kier molecular flexibility index (Phi) is 11.9. The number of nitrogens with zero attached hydrogens (tertiary/aromatic N) is 1. The second-order valence-corrected chi connectivity index (χ2v) is 6.58. The van der Waals surface area contributed by atoms with Crippen LogP contribution in [0.5, 0.6) is 0 Å². The third kappa shape index (κ3) is 9.81. The van der Waals surface area contributed by atoms with Gasteiger partial charge in [-0.3, -0.25) is 4.79 Å². The summed E-state index contributed by atoms with van der Waals surface area (Å²) >= 11 is 0. The maximum absolute atomic E-state index is 11.8. The fourth-order valence-corrected chi connectivity index (χ4v) is 2.63. The third-order valence-corrected chi connectivity index (χ3v) is 3.45. The van der Waals surface area contributed by atoms with Crippen molar-refractivity contribution in [2.45, 2.75) is 33.1 Å². The molecule has 1 aliphatic rings. The van der Waals surface area contributed by atoms with Gasteiger partial charge in [-0.05, 0) is 51.4 Å². The smallest absolute Gasteiger partial charge is 0.220 e. The number of carbonyl (C=O) groups is 1. The maximum atomic E-state index is 11.8. The summed E-state index contributed by atoms with van der Waals surface area (Å²) in [5.74, 6) is 0.902. The Balaban J connectivity index is 0. The van der Waals surface area contributed by atoms with Gasteiger partial charge in [0.05, 0.1) is 0 Å². The first kappa shape index (κ1) is 22.3. The second kappa shape index (κ2) is 10.7. The van der Waals surface area contributed by atoms with E-state index < -0.39 is 0 Å². The number of hydrogen-bond acceptors (Lipinski definition) is 3. The Morgan fingerprint density at radius 3 is 2.50 bits per heavy atom. The predicted molar refractivity (Wildman–Crippen MR) is 90.1 cm³/mol. The first-order chi connectivity index (χ1) is 8.39. The summed E-state index contributed by atoms with van der Waals surface area (Å²) in [5.41, 5.74) is 0.133. The molecular weight excluding hydrogens is 297 g/mol. The quantitative estimate of drug-likeness (QED) is 0.750. The summed E-state index contributed by atoms with van der Waals surface area (Å²) in [5, 5.41) is 6.40. The summed E-state index contributed by atoms with van der Waals surface area (Å²) < 4.78 is 0. The molecule has 1 rings (SSSR count). The van der Waals surface area contributed by atoms with E-state index in [-0.39, 0.29) is 36.1 Å². The zero-order valence-corrected chi connectivity index (χ0v) is 14.8. The van der Waals surface area contributed by atoms with Crippen LogP contribution in [-0.2, 0) is 4.79 Å². The highest BCUT2D eigenvalue weighted by Gasteiger charge is 2.20. The average Bonchev–Trinajstić information content (AvgIpc) is 2.74. The fraction of sp³-hybridized carbons (Fsp3) is 0.929. The van der Waals surface area contributed by atoms with E-state index in [0.29, 0.717) is 12.3 Å². The summed E-state index contributed by atoms with van der Waals surface area (Å²) in [6.45, 7) is 8.32. The normalized spacial score (nSPS) is 18.4. The van der Waals surface area contributed by atoms with Crippen molar-refractivity contribution in [1.29, 1.82) is 0 Å². The molecule has 0 aliphatic carbocycles. The van der Waals surface area contributed by atoms with Crippen LogP contribution in [0.2, 0.25) is 0 Å². The van der Waals surface area contributed by atoms with Crippen molar-refractivity contribution >= 4 is 30.7 Å². The molecule has 1 heterocycles. The molecule has 122 valence electrons. The van der Waals surface area contributed by atoms with Crippen LogP contribution in [0, 0.1) is 11.3 Å². The molecule has 1 amide bonds. The number of carbonyl (C=O) groups excluding carboxylic acids is 1. The van der Waals surface area contributed by atoms with Gasteiger partial charge in [0, 0.05) is 19.5 Å². The van der Waals surface area contributed by atoms with Crippen LogP contribution < -0.4 is 10.6 Å². The second-order valence-electron chi connectivity index (χ2n) is 6.58. The van der Waals surface area contributed by atoms with Gasteiger partial charge in [0.1, 0.15) is 0 Å². The van der Waals surface area contributed by atoms with E-state index in [9.17, 15) is 4.79 Å². The molecule has 1 aliphatic heterocycles. The summed E-state index contributed by atoms with van der Waals surface area (Å²) in [4.78, 5) is 14.0. The Bertz CT molecular complexity index is 267. The van der Waals surface area contributed by atoms with Crippen LogP contribution >= 0.6 is 24.8 Å². The predicted octanol–water partition coefficient (Wildman–Crippen LogP) is 1.92. The largest absolute Gasteiger partial charge is 0.356 e. The lowest BCUT2D eigenvalue weighted by Gasteiger charge is -2.28. The molecule has 0 radical (unpaired) electrons. The monoisotopic (exact) mass is 327 g/mol. The van der Waals surface area contributed by atoms with Gasteiger partial charge in [0.2, 0.25) is 5.91 Å². The summed E-state index contributed by atoms with van der Waals surface area (Å²) in [6, 6.07) is 0. The SMILES string of the molecule is CN(C)CC(C)(C)CNC(=O)CCC1CCNC1.Cl.Cl. The zero-order valence-electron chi connectivity index (χ0n) is 13.2. The Labute approximate surface area is 136 Å². The maximum Gasteiger partial charge on any atom is 0.220 e. The van der Waals surface area contributed by atoms with Crippen LogP contribution in [0.1, 0.15) is 33.1 Å². The Hall–Kier alpha value is -0.0300. The minimum absolute atomic E-state index is 0. The van der Waals surface area contributed by atoms with Crippen LogP contribution in [0.3, 0.4) is 0 Å². The highest BCUT2D eigenvalue weighted by Crippen LogP contribution is 2.16. The molecule has 1 fully saturated rings. The van der Waals surface area contributed by atoms with E-state index in [1.54, 1.807) is 0 Å². The molecule has 0 aromatic carbocycles. The van der Waals surface area contributed by atoms with Crippen molar-refractivity contribution in [3.63, 3.8) is 0 Å². The van der Waals surface area contributed by atoms with Crippen molar-refractivity contribution < 1.29 is 4.79 Å². The van der Waals surface area contributed by atoms with Crippen molar-refractivity contribution in [3.05, 3.63) is 0 Å². The number of nitrogens with one attached hydrogen (secondary N) is 2. The van der Waals surface area contributed by atoms with Gasteiger partial charge in [-0.25, -0.2) is 0 Å². The molecular formula is C14H31Cl2N3O. The van der Waals surface area contributed by atoms with E-state index >= 15 is 0 Å². The first-order valence-electron chi connectivity index (χ1n) is 7.01. The molecule has 0 aromatic heterocycles. The van der Waals surface area contributed by atoms with Gasteiger partial charge < -0.3 is 15.5 Å². The van der Waals surface area contributed by atoms with E-state index in [1.165, 1.54) is 6.42 Å². The molecule has 1 atom stereocenters. The van der Waals surface area contributed by atoms with Gasteiger partial charge in [-0.1, -0.05) is 13.8 Å². The van der Waals surface area contributed by atoms with Crippen LogP contribution in [0.4, 0.5) is 0 Å². The minimum atomic E-state index is 0. The van der Waals surface area contributed by atoms with Gasteiger partial charge >= 0.3 is 0 Å². The van der Waals surface area contributed by atoms with Crippen molar-refractivity contribution in [1.82, 2.24) is 15.5 Å². The topological polar surface area (TPSA) is 44.4 Å². The average molecular weight is 328 g/mol. The van der Waals surface area contributed by atoms with Crippen LogP contribution in [-0.4, -0.2) is 51.1 Å². The van der Waals surface area contributed by atoms with E-state index in [4.69, 9.17) is 0 Å². The molecule has 0 aromatic rings. The van der Waals surface area contributed by atoms with Crippen molar-refractivity contribution in [3.8, 4) is 0 Å². The van der Waals surface area contributed by atoms with Crippen molar-refractivity contribution in [2.24, 2.45) is 11.3 Å².